The van der Waals surface area contributed by atoms with Crippen LogP contribution in [0.4, 0.5) is 0 Å². The Morgan fingerprint density at radius 3 is 2.76 bits per heavy atom. The van der Waals surface area contributed by atoms with E-state index in [0.29, 0.717) is 0 Å². The highest BCUT2D eigenvalue weighted by atomic mass is 14.7. The molecule has 0 amide bonds. The van der Waals surface area contributed by atoms with Crippen molar-refractivity contribution in [1.82, 2.24) is 4.98 Å². The molecule has 0 aliphatic heterocycles. The van der Waals surface area contributed by atoms with E-state index in [0.717, 1.165) is 5.92 Å². The monoisotopic (exact) mass is 227 g/mol. The van der Waals surface area contributed by atoms with E-state index in [1.807, 2.05) is 0 Å². The van der Waals surface area contributed by atoms with E-state index in [1.165, 1.54) is 53.4 Å². The molecule has 0 spiro atoms. The summed E-state index contributed by atoms with van der Waals surface area (Å²) in [6, 6.07) is 4.50. The number of rotatable bonds is 1. The predicted molar refractivity (Wildman–Crippen MR) is 73.6 cm³/mol. The zero-order valence-corrected chi connectivity index (χ0v) is 11.1. The van der Waals surface area contributed by atoms with Crippen LogP contribution in [0, 0.1) is 19.8 Å². The third kappa shape index (κ3) is 1.60. The molecule has 0 bridgehead atoms. The molecular formula is C16H21N. The van der Waals surface area contributed by atoms with Crippen molar-refractivity contribution in [2.24, 2.45) is 5.92 Å². The number of aromatic amines is 1. The molecule has 3 rings (SSSR count). The van der Waals surface area contributed by atoms with Crippen LogP contribution >= 0.6 is 0 Å². The van der Waals surface area contributed by atoms with Crippen LogP contribution < -0.4 is 0 Å². The average Bonchev–Trinajstić information content (AvgIpc) is 2.73. The first-order chi connectivity index (χ1) is 8.20. The minimum Gasteiger partial charge on any atom is -0.358 e. The predicted octanol–water partition coefficient (Wildman–Crippen LogP) is 4.30. The molecule has 1 nitrogen and oxygen atoms in total. The minimum absolute atomic E-state index is 0.890. The van der Waals surface area contributed by atoms with E-state index in [1.54, 1.807) is 5.56 Å². The maximum Gasteiger partial charge on any atom is 0.0491 e. The molecule has 90 valence electrons. The van der Waals surface area contributed by atoms with Gasteiger partial charge in [-0.1, -0.05) is 25.5 Å². The summed E-state index contributed by atoms with van der Waals surface area (Å²) >= 11 is 0. The third-order valence-electron chi connectivity index (χ3n) is 4.44. The molecule has 1 aromatic heterocycles. The van der Waals surface area contributed by atoms with Gasteiger partial charge >= 0.3 is 0 Å². The molecular weight excluding hydrogens is 206 g/mol. The summed E-state index contributed by atoms with van der Waals surface area (Å²) in [5, 5.41) is 1.51. The molecule has 1 aliphatic rings. The fourth-order valence-electron chi connectivity index (χ4n) is 3.26. The lowest BCUT2D eigenvalue weighted by Crippen LogP contribution is -2.12. The Labute approximate surface area is 103 Å². The van der Waals surface area contributed by atoms with Gasteiger partial charge in [-0.15, -0.1) is 0 Å². The molecule has 0 fully saturated rings. The van der Waals surface area contributed by atoms with Gasteiger partial charge in [0.25, 0.3) is 0 Å². The van der Waals surface area contributed by atoms with Gasteiger partial charge in [-0.05, 0) is 55.7 Å². The first kappa shape index (κ1) is 10.9. The fourth-order valence-corrected chi connectivity index (χ4v) is 3.26. The average molecular weight is 227 g/mol. The van der Waals surface area contributed by atoms with Crippen LogP contribution in [0.2, 0.25) is 0 Å². The van der Waals surface area contributed by atoms with Gasteiger partial charge in [0.1, 0.15) is 0 Å². The lowest BCUT2D eigenvalue weighted by molar-refractivity contribution is 0.444. The standard InChI is InChI=1S/C16H21N/c1-4-12-7-8-14-13(9-12)15-10(2)5-6-11(3)16(15)17-14/h5-6,12,17H,4,7-9H2,1-3H3. The van der Waals surface area contributed by atoms with Crippen molar-refractivity contribution in [3.63, 3.8) is 0 Å². The Balaban J connectivity index is 2.24. The molecule has 1 unspecified atom stereocenters. The summed E-state index contributed by atoms with van der Waals surface area (Å²) in [5.41, 5.74) is 7.31. The SMILES string of the molecule is CCC1CCc2[nH]c3c(C)ccc(C)c3c2C1. The zero-order chi connectivity index (χ0) is 12.0. The highest BCUT2D eigenvalue weighted by Crippen LogP contribution is 2.35. The minimum atomic E-state index is 0.890. The van der Waals surface area contributed by atoms with Crippen molar-refractivity contribution in [2.75, 3.05) is 0 Å². The summed E-state index contributed by atoms with van der Waals surface area (Å²) in [6.07, 6.45) is 5.18. The molecule has 0 saturated carbocycles. The Morgan fingerprint density at radius 1 is 1.24 bits per heavy atom. The lowest BCUT2D eigenvalue weighted by Gasteiger charge is -2.21. The maximum atomic E-state index is 3.67. The highest BCUT2D eigenvalue weighted by Gasteiger charge is 2.22. The van der Waals surface area contributed by atoms with E-state index >= 15 is 0 Å². The van der Waals surface area contributed by atoms with Crippen molar-refractivity contribution in [3.05, 3.63) is 34.5 Å². The molecule has 1 atom stereocenters. The smallest absolute Gasteiger partial charge is 0.0491 e. The van der Waals surface area contributed by atoms with Crippen molar-refractivity contribution < 1.29 is 0 Å². The van der Waals surface area contributed by atoms with Crippen LogP contribution in [-0.4, -0.2) is 4.98 Å². The van der Waals surface area contributed by atoms with E-state index in [-0.39, 0.29) is 0 Å². The second kappa shape index (κ2) is 3.90. The molecule has 1 heterocycles. The number of aromatic nitrogens is 1. The topological polar surface area (TPSA) is 15.8 Å². The van der Waals surface area contributed by atoms with Crippen LogP contribution in [0.25, 0.3) is 10.9 Å². The molecule has 0 radical (unpaired) electrons. The van der Waals surface area contributed by atoms with Crippen LogP contribution in [0.1, 0.15) is 42.1 Å². The quantitative estimate of drug-likeness (QED) is 0.747. The Morgan fingerprint density at radius 2 is 2.00 bits per heavy atom. The normalized spacial score (nSPS) is 19.6. The Hall–Kier alpha value is -1.24. The van der Waals surface area contributed by atoms with Gasteiger partial charge in [0.2, 0.25) is 0 Å². The van der Waals surface area contributed by atoms with E-state index < -0.39 is 0 Å². The molecule has 1 N–H and O–H groups in total. The molecule has 1 aliphatic carbocycles. The van der Waals surface area contributed by atoms with Gasteiger partial charge in [-0.25, -0.2) is 0 Å². The second-order valence-electron chi connectivity index (χ2n) is 5.55. The Bertz CT molecular complexity index is 562. The number of hydrogen-bond acceptors (Lipinski definition) is 0. The molecule has 2 aromatic rings. The summed E-state index contributed by atoms with van der Waals surface area (Å²) in [7, 11) is 0. The van der Waals surface area contributed by atoms with E-state index in [9.17, 15) is 0 Å². The maximum absolute atomic E-state index is 3.67. The number of aryl methyl sites for hydroxylation is 3. The molecule has 17 heavy (non-hydrogen) atoms. The van der Waals surface area contributed by atoms with Crippen molar-refractivity contribution in [2.45, 2.75) is 46.5 Å². The summed E-state index contributed by atoms with van der Waals surface area (Å²) in [4.78, 5) is 3.67. The van der Waals surface area contributed by atoms with Crippen LogP contribution in [0.5, 0.6) is 0 Å². The van der Waals surface area contributed by atoms with Crippen molar-refractivity contribution >= 4 is 10.9 Å². The van der Waals surface area contributed by atoms with Gasteiger partial charge in [-0.3, -0.25) is 0 Å². The molecule has 0 saturated heterocycles. The number of benzene rings is 1. The van der Waals surface area contributed by atoms with Gasteiger partial charge in [0, 0.05) is 16.6 Å². The third-order valence-corrected chi connectivity index (χ3v) is 4.44. The van der Waals surface area contributed by atoms with Crippen LogP contribution in [0.3, 0.4) is 0 Å². The number of H-pyrrole nitrogens is 1. The van der Waals surface area contributed by atoms with Crippen molar-refractivity contribution in [3.8, 4) is 0 Å². The van der Waals surface area contributed by atoms with Crippen LogP contribution in [-0.2, 0) is 12.8 Å². The lowest BCUT2D eigenvalue weighted by atomic mass is 9.84. The van der Waals surface area contributed by atoms with Gasteiger partial charge < -0.3 is 4.98 Å². The largest absolute Gasteiger partial charge is 0.358 e. The molecule has 1 aromatic carbocycles. The summed E-state index contributed by atoms with van der Waals surface area (Å²) < 4.78 is 0. The van der Waals surface area contributed by atoms with Crippen LogP contribution in [0.15, 0.2) is 12.1 Å². The highest BCUT2D eigenvalue weighted by molar-refractivity contribution is 5.90. The second-order valence-corrected chi connectivity index (χ2v) is 5.55. The molecule has 1 heteroatoms. The van der Waals surface area contributed by atoms with Gasteiger partial charge in [0.15, 0.2) is 0 Å². The van der Waals surface area contributed by atoms with Gasteiger partial charge in [0.05, 0.1) is 0 Å². The van der Waals surface area contributed by atoms with E-state index in [4.69, 9.17) is 0 Å². The van der Waals surface area contributed by atoms with Crippen molar-refractivity contribution in [1.29, 1.82) is 0 Å². The first-order valence-corrected chi connectivity index (χ1v) is 6.80. The first-order valence-electron chi connectivity index (χ1n) is 6.80. The number of nitrogens with one attached hydrogen (secondary N) is 1. The number of hydrogen-bond donors (Lipinski definition) is 1. The zero-order valence-electron chi connectivity index (χ0n) is 11.1. The number of fused-ring (bicyclic) bond motifs is 3. The van der Waals surface area contributed by atoms with Gasteiger partial charge in [-0.2, -0.15) is 0 Å². The Kier molecular flexibility index (Phi) is 2.50. The summed E-state index contributed by atoms with van der Waals surface area (Å²) in [6.45, 7) is 6.77. The van der Waals surface area contributed by atoms with E-state index in [2.05, 4.69) is 37.9 Å². The fraction of sp³-hybridized carbons (Fsp3) is 0.500. The summed E-state index contributed by atoms with van der Waals surface area (Å²) in [5.74, 6) is 0.890.